The maximum absolute atomic E-state index is 9.26. The third-order valence-electron chi connectivity index (χ3n) is 3.76. The third-order valence-corrected chi connectivity index (χ3v) is 3.76. The van der Waals surface area contributed by atoms with Gasteiger partial charge in [-0.2, -0.15) is 21.0 Å². The molecule has 11 heteroatoms. The number of fused-ring (bicyclic) bond motifs is 6. The molecule has 0 saturated carbocycles. The summed E-state index contributed by atoms with van der Waals surface area (Å²) in [5, 5.41) is 37.0. The van der Waals surface area contributed by atoms with Crippen LogP contribution in [0.3, 0.4) is 0 Å². The quantitative estimate of drug-likeness (QED) is 0.330. The summed E-state index contributed by atoms with van der Waals surface area (Å²) in [6.45, 7) is 7.13. The molecule has 124 valence electrons. The number of nitrogens with zero attached hydrogens (tertiary/aromatic N) is 11. The van der Waals surface area contributed by atoms with Crippen molar-refractivity contribution in [2.45, 2.75) is 0 Å². The van der Waals surface area contributed by atoms with E-state index in [2.05, 4.69) is 34.7 Å². The van der Waals surface area contributed by atoms with Crippen molar-refractivity contribution >= 4 is 38.9 Å². The number of hydrogen-bond acceptors (Lipinski definition) is 10. The normalized spacial score (nSPS) is 9.96. The Kier molecular flexibility index (Phi) is 3.40. The first-order valence-electron chi connectivity index (χ1n) is 7.35. The molecule has 0 unspecified atom stereocenters. The number of hydrogen-bond donors (Lipinski definition) is 0. The highest BCUT2D eigenvalue weighted by Crippen LogP contribution is 2.31. The maximum Gasteiger partial charge on any atom is 0.288 e. The molecular weight excluding hydrogens is 358 g/mol. The molecule has 3 aromatic heterocycles. The second-order valence-electron chi connectivity index (χ2n) is 5.22. The smallest absolute Gasteiger partial charge is 0.288 e. The van der Waals surface area contributed by atoms with Crippen molar-refractivity contribution in [3.8, 4) is 24.3 Å². The Bertz CT molecular complexity index is 1520. The average Bonchev–Trinajstić information content (AvgIpc) is 2.76. The van der Waals surface area contributed by atoms with Gasteiger partial charge < -0.3 is 4.85 Å². The first-order valence-corrected chi connectivity index (χ1v) is 7.35. The fraction of sp³-hybridized carbons (Fsp3) is 0. The Morgan fingerprint density at radius 1 is 0.607 bits per heavy atom. The molecule has 0 aliphatic carbocycles. The molecule has 0 aliphatic rings. The number of nitriles is 4. The van der Waals surface area contributed by atoms with Crippen LogP contribution in [0.4, 0.5) is 5.82 Å². The first-order chi connectivity index (χ1) is 13.6. The molecule has 0 amide bonds. The second-order valence-corrected chi connectivity index (χ2v) is 5.22. The van der Waals surface area contributed by atoms with Crippen LogP contribution >= 0.6 is 0 Å². The van der Waals surface area contributed by atoms with Crippen molar-refractivity contribution in [2.75, 3.05) is 0 Å². The zero-order valence-corrected chi connectivity index (χ0v) is 13.5. The van der Waals surface area contributed by atoms with Gasteiger partial charge in [0, 0.05) is 0 Å². The highest BCUT2D eigenvalue weighted by molar-refractivity contribution is 6.18. The van der Waals surface area contributed by atoms with Gasteiger partial charge in [-0.1, -0.05) is 6.57 Å². The summed E-state index contributed by atoms with van der Waals surface area (Å²) < 4.78 is 0. The summed E-state index contributed by atoms with van der Waals surface area (Å²) in [7, 11) is 0. The topological polar surface area (TPSA) is 177 Å². The van der Waals surface area contributed by atoms with Crippen LogP contribution in [-0.4, -0.2) is 29.9 Å². The molecule has 1 aromatic carbocycles. The van der Waals surface area contributed by atoms with Gasteiger partial charge in [0.25, 0.3) is 5.82 Å². The summed E-state index contributed by atoms with van der Waals surface area (Å²) in [5.74, 6) is -0.0278. The van der Waals surface area contributed by atoms with E-state index in [0.717, 1.165) is 0 Å². The molecule has 0 N–H and O–H groups in total. The van der Waals surface area contributed by atoms with Gasteiger partial charge in [-0.15, -0.1) is 4.98 Å². The van der Waals surface area contributed by atoms with Gasteiger partial charge in [0.1, 0.15) is 51.9 Å². The van der Waals surface area contributed by atoms with Crippen LogP contribution in [0.5, 0.6) is 0 Å². The fourth-order valence-electron chi connectivity index (χ4n) is 2.62. The molecule has 28 heavy (non-hydrogen) atoms. The van der Waals surface area contributed by atoms with Gasteiger partial charge in [-0.3, -0.25) is 4.98 Å². The lowest BCUT2D eigenvalue weighted by Gasteiger charge is -2.06. The molecule has 0 atom stereocenters. The van der Waals surface area contributed by atoms with Gasteiger partial charge in [-0.05, 0) is 0 Å². The van der Waals surface area contributed by atoms with Gasteiger partial charge >= 0.3 is 0 Å². The van der Waals surface area contributed by atoms with E-state index in [1.807, 2.05) is 0 Å². The van der Waals surface area contributed by atoms with Crippen LogP contribution < -0.4 is 0 Å². The highest BCUT2D eigenvalue weighted by Gasteiger charge is 2.22. The van der Waals surface area contributed by atoms with E-state index >= 15 is 0 Å². The molecule has 0 aliphatic heterocycles. The molecule has 0 radical (unpaired) electrons. The standard InChI is InChI=1S/C17HN11/c1-22-11-6-23-12-13-15(25-8(3-19)7(2-18)24-13)17-16(14(12)28-11)26-9(4-20)10(5-21)27-17/h6H. The summed E-state index contributed by atoms with van der Waals surface area (Å²) in [6.07, 6.45) is 1.22. The number of rotatable bonds is 0. The summed E-state index contributed by atoms with van der Waals surface area (Å²) in [4.78, 5) is 28.2. The number of benzene rings is 1. The Morgan fingerprint density at radius 2 is 0.964 bits per heavy atom. The van der Waals surface area contributed by atoms with Crippen LogP contribution in [0, 0.1) is 51.9 Å². The van der Waals surface area contributed by atoms with Crippen LogP contribution in [0.2, 0.25) is 0 Å². The Hall–Kier alpha value is -5.31. The van der Waals surface area contributed by atoms with Crippen LogP contribution in [-0.2, 0) is 0 Å². The second kappa shape index (κ2) is 5.89. The van der Waals surface area contributed by atoms with Crippen molar-refractivity contribution in [1.82, 2.24) is 29.9 Å². The molecule has 0 saturated heterocycles. The lowest BCUT2D eigenvalue weighted by atomic mass is 10.1. The van der Waals surface area contributed by atoms with Gasteiger partial charge in [0.05, 0.1) is 6.20 Å². The molecular formula is C17HN11. The van der Waals surface area contributed by atoms with E-state index in [9.17, 15) is 21.0 Å². The molecule has 0 fully saturated rings. The van der Waals surface area contributed by atoms with Crippen molar-refractivity contribution in [1.29, 1.82) is 21.0 Å². The van der Waals surface area contributed by atoms with Gasteiger partial charge in [0.2, 0.25) is 5.52 Å². The number of aromatic nitrogens is 6. The predicted molar refractivity (Wildman–Crippen MR) is 90.9 cm³/mol. The van der Waals surface area contributed by atoms with Crippen LogP contribution in [0.15, 0.2) is 6.20 Å². The summed E-state index contributed by atoms with van der Waals surface area (Å²) in [5.41, 5.74) is -0.288. The largest absolute Gasteiger partial charge is 0.359 e. The van der Waals surface area contributed by atoms with Crippen LogP contribution in [0.25, 0.3) is 37.9 Å². The lowest BCUT2D eigenvalue weighted by Crippen LogP contribution is -2.03. The van der Waals surface area contributed by atoms with E-state index in [-0.39, 0.29) is 61.7 Å². The molecule has 4 rings (SSSR count). The fourth-order valence-corrected chi connectivity index (χ4v) is 2.62. The summed E-state index contributed by atoms with van der Waals surface area (Å²) >= 11 is 0. The monoisotopic (exact) mass is 359 g/mol. The minimum atomic E-state index is -0.241. The molecule has 0 bridgehead atoms. The van der Waals surface area contributed by atoms with Crippen molar-refractivity contribution in [3.63, 3.8) is 0 Å². The first kappa shape index (κ1) is 16.2. The Morgan fingerprint density at radius 3 is 1.32 bits per heavy atom. The molecule has 3 heterocycles. The highest BCUT2D eigenvalue weighted by atomic mass is 15.0. The Labute approximate surface area is 155 Å². The van der Waals surface area contributed by atoms with Crippen molar-refractivity contribution < 1.29 is 0 Å². The molecule has 0 spiro atoms. The van der Waals surface area contributed by atoms with Crippen LogP contribution in [0.1, 0.15) is 22.8 Å². The average molecular weight is 359 g/mol. The maximum atomic E-state index is 9.26. The lowest BCUT2D eigenvalue weighted by molar-refractivity contribution is 1.17. The summed E-state index contributed by atoms with van der Waals surface area (Å²) in [6, 6.07) is 7.14. The van der Waals surface area contributed by atoms with E-state index in [4.69, 9.17) is 6.57 Å². The minimum absolute atomic E-state index is 0.0278. The van der Waals surface area contributed by atoms with E-state index in [0.29, 0.717) is 0 Å². The molecule has 4 aromatic rings. The third kappa shape index (κ3) is 2.11. The van der Waals surface area contributed by atoms with Crippen molar-refractivity contribution in [3.05, 3.63) is 40.4 Å². The predicted octanol–water partition coefficient (Wildman–Crippen LogP) is 1.55. The zero-order valence-electron chi connectivity index (χ0n) is 13.5. The van der Waals surface area contributed by atoms with Gasteiger partial charge in [-0.25, -0.2) is 19.9 Å². The van der Waals surface area contributed by atoms with Crippen molar-refractivity contribution in [2.24, 2.45) is 0 Å². The minimum Gasteiger partial charge on any atom is -0.359 e. The Balaban J connectivity index is 2.39. The van der Waals surface area contributed by atoms with E-state index in [1.54, 1.807) is 24.3 Å². The zero-order chi connectivity index (χ0) is 19.8. The van der Waals surface area contributed by atoms with E-state index in [1.165, 1.54) is 6.20 Å². The van der Waals surface area contributed by atoms with Gasteiger partial charge in [0.15, 0.2) is 22.8 Å². The molecule has 11 nitrogen and oxygen atoms in total. The van der Waals surface area contributed by atoms with E-state index < -0.39 is 0 Å². The SMILES string of the molecule is [C-]#[N+]c1cnc2c(n1)c1nc(C#N)c(C#N)nc1c1nc(C#N)c(C#N)nc21.